The van der Waals surface area contributed by atoms with E-state index in [2.05, 4.69) is 20.8 Å². The van der Waals surface area contributed by atoms with Crippen molar-refractivity contribution in [3.05, 3.63) is 35.6 Å². The minimum Gasteiger partial charge on any atom is -0.299 e. The van der Waals surface area contributed by atoms with Crippen molar-refractivity contribution in [1.29, 1.82) is 0 Å². The molecule has 0 radical (unpaired) electrons. The Kier molecular flexibility index (Phi) is 7.50. The van der Waals surface area contributed by atoms with Gasteiger partial charge in [-0.3, -0.25) is 4.79 Å². The van der Waals surface area contributed by atoms with Gasteiger partial charge >= 0.3 is 0 Å². The standard InChI is InChI=1S/C18H27FO/c1-4-5-6-16(18(20)13-14(2)3)10-7-15-8-11-17(19)12-9-15/h8-9,11-12,14,16H,4-7,10,13H2,1-3H3. The van der Waals surface area contributed by atoms with Crippen molar-refractivity contribution in [3.8, 4) is 0 Å². The summed E-state index contributed by atoms with van der Waals surface area (Å²) in [7, 11) is 0. The van der Waals surface area contributed by atoms with Gasteiger partial charge in [-0.2, -0.15) is 0 Å². The van der Waals surface area contributed by atoms with Crippen molar-refractivity contribution < 1.29 is 9.18 Å². The van der Waals surface area contributed by atoms with Gasteiger partial charge in [-0.1, -0.05) is 45.7 Å². The van der Waals surface area contributed by atoms with Crippen molar-refractivity contribution in [1.82, 2.24) is 0 Å². The fourth-order valence-corrected chi connectivity index (χ4v) is 2.48. The van der Waals surface area contributed by atoms with Crippen LogP contribution >= 0.6 is 0 Å². The van der Waals surface area contributed by atoms with Crippen molar-refractivity contribution in [2.75, 3.05) is 0 Å². The smallest absolute Gasteiger partial charge is 0.136 e. The zero-order valence-electron chi connectivity index (χ0n) is 13.0. The topological polar surface area (TPSA) is 17.1 Å². The third-order valence-electron chi connectivity index (χ3n) is 3.67. The van der Waals surface area contributed by atoms with Gasteiger partial charge in [0.2, 0.25) is 0 Å². The third-order valence-corrected chi connectivity index (χ3v) is 3.67. The Balaban J connectivity index is 2.55. The number of unbranched alkanes of at least 4 members (excludes halogenated alkanes) is 1. The van der Waals surface area contributed by atoms with Crippen LogP contribution in [0.2, 0.25) is 0 Å². The quantitative estimate of drug-likeness (QED) is 0.608. The van der Waals surface area contributed by atoms with Crippen LogP contribution in [0, 0.1) is 17.7 Å². The van der Waals surface area contributed by atoms with Gasteiger partial charge in [0.1, 0.15) is 11.6 Å². The second kappa shape index (κ2) is 8.89. The molecule has 0 saturated heterocycles. The second-order valence-electron chi connectivity index (χ2n) is 6.07. The van der Waals surface area contributed by atoms with E-state index in [4.69, 9.17) is 0 Å². The molecule has 1 rings (SSSR count). The van der Waals surface area contributed by atoms with E-state index < -0.39 is 0 Å². The maximum absolute atomic E-state index is 12.9. The highest BCUT2D eigenvalue weighted by atomic mass is 19.1. The first kappa shape index (κ1) is 16.9. The van der Waals surface area contributed by atoms with Gasteiger partial charge in [0.15, 0.2) is 0 Å². The molecule has 0 amide bonds. The Labute approximate surface area is 122 Å². The number of Topliss-reactive ketones (excluding diaryl/α,β-unsaturated/α-hetero) is 1. The number of ketones is 1. The van der Waals surface area contributed by atoms with Crippen LogP contribution in [0.5, 0.6) is 0 Å². The summed E-state index contributed by atoms with van der Waals surface area (Å²) >= 11 is 0. The molecular formula is C18H27FO. The molecular weight excluding hydrogens is 251 g/mol. The summed E-state index contributed by atoms with van der Waals surface area (Å²) in [6, 6.07) is 6.62. The number of benzene rings is 1. The summed E-state index contributed by atoms with van der Waals surface area (Å²) in [4.78, 5) is 12.3. The van der Waals surface area contributed by atoms with Crippen molar-refractivity contribution in [2.45, 2.75) is 59.3 Å². The molecule has 20 heavy (non-hydrogen) atoms. The number of carbonyl (C=O) groups excluding carboxylic acids is 1. The fourth-order valence-electron chi connectivity index (χ4n) is 2.48. The van der Waals surface area contributed by atoms with Gasteiger partial charge in [0, 0.05) is 12.3 Å². The Bertz CT molecular complexity index is 394. The summed E-state index contributed by atoms with van der Waals surface area (Å²) in [6.07, 6.45) is 5.65. The molecule has 0 aliphatic heterocycles. The molecule has 0 fully saturated rings. The van der Waals surface area contributed by atoms with Crippen LogP contribution in [0.15, 0.2) is 24.3 Å². The van der Waals surface area contributed by atoms with E-state index >= 15 is 0 Å². The lowest BCUT2D eigenvalue weighted by Crippen LogP contribution is -2.17. The summed E-state index contributed by atoms with van der Waals surface area (Å²) in [6.45, 7) is 6.34. The van der Waals surface area contributed by atoms with Crippen LogP contribution in [0.4, 0.5) is 4.39 Å². The molecule has 1 nitrogen and oxygen atoms in total. The lowest BCUT2D eigenvalue weighted by atomic mass is 9.87. The van der Waals surface area contributed by atoms with Crippen LogP contribution in [-0.4, -0.2) is 5.78 Å². The molecule has 0 N–H and O–H groups in total. The molecule has 0 saturated carbocycles. The van der Waals surface area contributed by atoms with Crippen LogP contribution in [0.25, 0.3) is 0 Å². The van der Waals surface area contributed by atoms with E-state index in [1.807, 2.05) is 12.1 Å². The van der Waals surface area contributed by atoms with E-state index in [0.29, 0.717) is 18.1 Å². The van der Waals surface area contributed by atoms with Crippen molar-refractivity contribution in [3.63, 3.8) is 0 Å². The van der Waals surface area contributed by atoms with E-state index in [9.17, 15) is 9.18 Å². The molecule has 1 atom stereocenters. The predicted octanol–water partition coefficient (Wildman–Crippen LogP) is 5.18. The highest BCUT2D eigenvalue weighted by molar-refractivity contribution is 5.81. The second-order valence-corrected chi connectivity index (χ2v) is 6.07. The lowest BCUT2D eigenvalue weighted by molar-refractivity contribution is -0.124. The number of hydrogen-bond acceptors (Lipinski definition) is 1. The van der Waals surface area contributed by atoms with E-state index in [1.165, 1.54) is 12.1 Å². The number of halogens is 1. The lowest BCUT2D eigenvalue weighted by Gasteiger charge is -2.17. The molecule has 0 heterocycles. The van der Waals surface area contributed by atoms with Gasteiger partial charge < -0.3 is 0 Å². The first-order chi connectivity index (χ1) is 9.52. The van der Waals surface area contributed by atoms with E-state index in [-0.39, 0.29) is 11.7 Å². The average Bonchev–Trinajstić information content (AvgIpc) is 2.40. The molecule has 2 heteroatoms. The maximum atomic E-state index is 12.9. The number of aryl methyl sites for hydroxylation is 1. The zero-order valence-corrected chi connectivity index (χ0v) is 13.0. The van der Waals surface area contributed by atoms with Gasteiger partial charge in [-0.25, -0.2) is 4.39 Å². The summed E-state index contributed by atoms with van der Waals surface area (Å²) in [5.41, 5.74) is 1.12. The monoisotopic (exact) mass is 278 g/mol. The van der Waals surface area contributed by atoms with Gasteiger partial charge in [-0.05, 0) is 42.9 Å². The Hall–Kier alpha value is -1.18. The molecule has 1 aromatic rings. The molecule has 0 spiro atoms. The highest BCUT2D eigenvalue weighted by Crippen LogP contribution is 2.20. The highest BCUT2D eigenvalue weighted by Gasteiger charge is 2.18. The van der Waals surface area contributed by atoms with Crippen LogP contribution in [-0.2, 0) is 11.2 Å². The molecule has 1 unspecified atom stereocenters. The molecule has 1 aromatic carbocycles. The normalized spacial score (nSPS) is 12.7. The van der Waals surface area contributed by atoms with Crippen LogP contribution in [0.1, 0.15) is 58.4 Å². The Morgan fingerprint density at radius 3 is 2.35 bits per heavy atom. The summed E-state index contributed by atoms with van der Waals surface area (Å²) in [5, 5.41) is 0. The SMILES string of the molecule is CCCCC(CCc1ccc(F)cc1)C(=O)CC(C)C. The predicted molar refractivity (Wildman–Crippen MR) is 82.2 cm³/mol. The van der Waals surface area contributed by atoms with E-state index in [0.717, 1.165) is 37.7 Å². The van der Waals surface area contributed by atoms with Crippen molar-refractivity contribution in [2.24, 2.45) is 11.8 Å². The minimum atomic E-state index is -0.202. The molecule has 0 aromatic heterocycles. The van der Waals surface area contributed by atoms with Gasteiger partial charge in [0.25, 0.3) is 0 Å². The fraction of sp³-hybridized carbons (Fsp3) is 0.611. The number of rotatable bonds is 9. The first-order valence-corrected chi connectivity index (χ1v) is 7.80. The van der Waals surface area contributed by atoms with E-state index in [1.54, 1.807) is 0 Å². The largest absolute Gasteiger partial charge is 0.299 e. The molecule has 0 aliphatic rings. The Morgan fingerprint density at radius 2 is 1.80 bits per heavy atom. The number of carbonyl (C=O) groups is 1. The van der Waals surface area contributed by atoms with Crippen LogP contribution in [0.3, 0.4) is 0 Å². The van der Waals surface area contributed by atoms with Crippen molar-refractivity contribution >= 4 is 5.78 Å². The third kappa shape index (κ3) is 6.31. The minimum absolute atomic E-state index is 0.169. The van der Waals surface area contributed by atoms with Crippen LogP contribution < -0.4 is 0 Å². The maximum Gasteiger partial charge on any atom is 0.136 e. The summed E-state index contributed by atoms with van der Waals surface area (Å²) < 4.78 is 12.9. The zero-order chi connectivity index (χ0) is 15.0. The average molecular weight is 278 g/mol. The molecule has 0 aliphatic carbocycles. The first-order valence-electron chi connectivity index (χ1n) is 7.80. The Morgan fingerprint density at radius 1 is 1.15 bits per heavy atom. The van der Waals surface area contributed by atoms with Gasteiger partial charge in [0.05, 0.1) is 0 Å². The number of hydrogen-bond donors (Lipinski definition) is 0. The van der Waals surface area contributed by atoms with Gasteiger partial charge in [-0.15, -0.1) is 0 Å². The summed E-state index contributed by atoms with van der Waals surface area (Å²) in [5.74, 6) is 0.794. The molecule has 112 valence electrons. The molecule has 0 bridgehead atoms.